The predicted molar refractivity (Wildman–Crippen MR) is 39.3 cm³/mol. The third-order valence-corrected chi connectivity index (χ3v) is 1.78. The first-order valence-corrected chi connectivity index (χ1v) is 3.42. The Kier molecular flexibility index (Phi) is 1.53. The molecule has 1 heterocycles. The summed E-state index contributed by atoms with van der Waals surface area (Å²) in [7, 11) is 4.21. The smallest absolute Gasteiger partial charge is 0.0506 e. The number of hydrogen-bond acceptors (Lipinski definition) is 2. The van der Waals surface area contributed by atoms with Gasteiger partial charge in [-0.2, -0.15) is 0 Å². The van der Waals surface area contributed by atoms with Crippen LogP contribution in [-0.2, 0) is 0 Å². The number of nitrogens with zero attached hydrogens (tertiary/aromatic N) is 2. The Morgan fingerprint density at radius 2 is 1.89 bits per heavy atom. The highest BCUT2D eigenvalue weighted by atomic mass is 15.4. The quantitative estimate of drug-likeness (QED) is 0.502. The molecular formula is C7H16N2. The van der Waals surface area contributed by atoms with Crippen molar-refractivity contribution in [3.8, 4) is 0 Å². The lowest BCUT2D eigenvalue weighted by atomic mass is 10.2. The van der Waals surface area contributed by atoms with Gasteiger partial charge in [0.15, 0.2) is 0 Å². The Balaban J connectivity index is 2.20. The van der Waals surface area contributed by atoms with Gasteiger partial charge in [0.1, 0.15) is 0 Å². The minimum Gasteiger partial charge on any atom is -0.297 e. The van der Waals surface area contributed by atoms with Crippen molar-refractivity contribution in [1.29, 1.82) is 0 Å². The Morgan fingerprint density at radius 3 is 2.00 bits per heavy atom. The van der Waals surface area contributed by atoms with Crippen LogP contribution in [0.25, 0.3) is 0 Å². The Morgan fingerprint density at radius 1 is 1.44 bits per heavy atom. The van der Waals surface area contributed by atoms with Crippen LogP contribution in [0.1, 0.15) is 13.8 Å². The van der Waals surface area contributed by atoms with Crippen molar-refractivity contribution in [3.63, 3.8) is 0 Å². The van der Waals surface area contributed by atoms with Crippen LogP contribution in [0.5, 0.6) is 0 Å². The lowest BCUT2D eigenvalue weighted by molar-refractivity contribution is 0.273. The molecule has 0 aromatic rings. The summed E-state index contributed by atoms with van der Waals surface area (Å²) in [6.45, 7) is 6.91. The van der Waals surface area contributed by atoms with Crippen molar-refractivity contribution in [3.05, 3.63) is 0 Å². The van der Waals surface area contributed by atoms with Gasteiger partial charge in [0, 0.05) is 12.1 Å². The summed E-state index contributed by atoms with van der Waals surface area (Å²) in [6, 6.07) is 0. The van der Waals surface area contributed by atoms with Gasteiger partial charge >= 0.3 is 0 Å². The van der Waals surface area contributed by atoms with E-state index in [4.69, 9.17) is 0 Å². The highest BCUT2D eigenvalue weighted by Crippen LogP contribution is 2.29. The summed E-state index contributed by atoms with van der Waals surface area (Å²) in [5, 5.41) is 0. The van der Waals surface area contributed by atoms with Crippen LogP contribution < -0.4 is 0 Å². The van der Waals surface area contributed by atoms with E-state index >= 15 is 0 Å². The molecular weight excluding hydrogens is 112 g/mol. The molecule has 0 aromatic heterocycles. The molecule has 0 aliphatic carbocycles. The van der Waals surface area contributed by atoms with Gasteiger partial charge in [-0.3, -0.25) is 9.80 Å². The Labute approximate surface area is 57.4 Å². The molecule has 1 unspecified atom stereocenters. The fourth-order valence-electron chi connectivity index (χ4n) is 1.01. The Bertz CT molecular complexity index is 107. The molecule has 0 saturated carbocycles. The van der Waals surface area contributed by atoms with Crippen molar-refractivity contribution >= 4 is 0 Å². The minimum absolute atomic E-state index is 0.490. The maximum absolute atomic E-state index is 2.44. The van der Waals surface area contributed by atoms with Crippen LogP contribution in [0.2, 0.25) is 0 Å². The molecule has 0 amide bonds. The summed E-state index contributed by atoms with van der Waals surface area (Å²) in [5.74, 6) is 0. The molecule has 0 spiro atoms. The van der Waals surface area contributed by atoms with Crippen molar-refractivity contribution in [2.24, 2.45) is 0 Å². The molecule has 1 aliphatic rings. The molecule has 54 valence electrons. The van der Waals surface area contributed by atoms with Crippen molar-refractivity contribution in [2.75, 3.05) is 27.3 Å². The highest BCUT2D eigenvalue weighted by Gasteiger charge is 2.42. The lowest BCUT2D eigenvalue weighted by Crippen LogP contribution is -2.23. The molecule has 0 aromatic carbocycles. The third kappa shape index (κ3) is 1.66. The lowest BCUT2D eigenvalue weighted by Gasteiger charge is -2.12. The first-order chi connectivity index (χ1) is 4.02. The molecule has 1 atom stereocenters. The van der Waals surface area contributed by atoms with Gasteiger partial charge in [-0.15, -0.1) is 0 Å². The summed E-state index contributed by atoms with van der Waals surface area (Å²) in [4.78, 5) is 4.64. The molecule has 0 N–H and O–H groups in total. The van der Waals surface area contributed by atoms with Gasteiger partial charge in [-0.05, 0) is 27.9 Å². The molecule has 1 saturated heterocycles. The highest BCUT2D eigenvalue weighted by molar-refractivity contribution is 4.98. The second kappa shape index (κ2) is 1.96. The van der Waals surface area contributed by atoms with Gasteiger partial charge in [0.2, 0.25) is 0 Å². The van der Waals surface area contributed by atoms with Crippen molar-refractivity contribution in [1.82, 2.24) is 9.80 Å². The molecule has 1 aliphatic heterocycles. The second-order valence-electron chi connectivity index (χ2n) is 3.73. The Hall–Kier alpha value is -0.0800. The summed E-state index contributed by atoms with van der Waals surface area (Å²) in [6.07, 6.45) is 0. The van der Waals surface area contributed by atoms with Crippen LogP contribution in [-0.4, -0.2) is 42.6 Å². The standard InChI is InChI=1S/C7H16N2/c1-7(2)5-9(7)6-8(3)4/h5-6H2,1-4H3. The van der Waals surface area contributed by atoms with E-state index in [0.29, 0.717) is 5.54 Å². The summed E-state index contributed by atoms with van der Waals surface area (Å²) >= 11 is 0. The van der Waals surface area contributed by atoms with E-state index in [1.165, 1.54) is 6.54 Å². The van der Waals surface area contributed by atoms with E-state index in [2.05, 4.69) is 37.7 Å². The topological polar surface area (TPSA) is 6.25 Å². The summed E-state index contributed by atoms with van der Waals surface area (Å²) in [5.41, 5.74) is 0.490. The van der Waals surface area contributed by atoms with Crippen LogP contribution in [0, 0.1) is 0 Å². The van der Waals surface area contributed by atoms with E-state index < -0.39 is 0 Å². The van der Waals surface area contributed by atoms with E-state index in [9.17, 15) is 0 Å². The molecule has 2 heteroatoms. The van der Waals surface area contributed by atoms with E-state index in [1.807, 2.05) is 0 Å². The molecule has 2 nitrogen and oxygen atoms in total. The summed E-state index contributed by atoms with van der Waals surface area (Å²) < 4.78 is 0. The van der Waals surface area contributed by atoms with Crippen LogP contribution in [0.15, 0.2) is 0 Å². The molecule has 1 rings (SSSR count). The largest absolute Gasteiger partial charge is 0.297 e. The fourth-order valence-corrected chi connectivity index (χ4v) is 1.01. The molecule has 9 heavy (non-hydrogen) atoms. The first-order valence-electron chi connectivity index (χ1n) is 3.42. The van der Waals surface area contributed by atoms with Crippen molar-refractivity contribution in [2.45, 2.75) is 19.4 Å². The minimum atomic E-state index is 0.490. The van der Waals surface area contributed by atoms with E-state index in [0.717, 1.165) is 6.67 Å². The second-order valence-corrected chi connectivity index (χ2v) is 3.73. The van der Waals surface area contributed by atoms with Crippen LogP contribution >= 0.6 is 0 Å². The van der Waals surface area contributed by atoms with E-state index in [1.54, 1.807) is 0 Å². The van der Waals surface area contributed by atoms with Crippen molar-refractivity contribution < 1.29 is 0 Å². The maximum atomic E-state index is 2.44. The molecule has 1 fully saturated rings. The zero-order valence-corrected chi connectivity index (χ0v) is 6.81. The average Bonchev–Trinajstić information content (AvgIpc) is 2.10. The van der Waals surface area contributed by atoms with Gasteiger partial charge in [-0.25, -0.2) is 0 Å². The SMILES string of the molecule is CN(C)CN1CC1(C)C. The fraction of sp³-hybridized carbons (Fsp3) is 1.00. The number of hydrogen-bond donors (Lipinski definition) is 0. The van der Waals surface area contributed by atoms with Gasteiger partial charge in [0.25, 0.3) is 0 Å². The van der Waals surface area contributed by atoms with Gasteiger partial charge < -0.3 is 0 Å². The zero-order chi connectivity index (χ0) is 7.07. The normalized spacial score (nSPS) is 31.0. The zero-order valence-electron chi connectivity index (χ0n) is 6.81. The third-order valence-electron chi connectivity index (χ3n) is 1.78. The average molecular weight is 128 g/mol. The monoisotopic (exact) mass is 128 g/mol. The predicted octanol–water partition coefficient (Wildman–Crippen LogP) is 0.600. The maximum Gasteiger partial charge on any atom is 0.0506 e. The first kappa shape index (κ1) is 7.03. The van der Waals surface area contributed by atoms with E-state index in [-0.39, 0.29) is 0 Å². The number of rotatable bonds is 2. The van der Waals surface area contributed by atoms with Gasteiger partial charge in [0.05, 0.1) is 6.67 Å². The van der Waals surface area contributed by atoms with Crippen LogP contribution in [0.4, 0.5) is 0 Å². The van der Waals surface area contributed by atoms with Crippen LogP contribution in [0.3, 0.4) is 0 Å². The van der Waals surface area contributed by atoms with Gasteiger partial charge in [-0.1, -0.05) is 0 Å². The molecule has 0 radical (unpaired) electrons. The molecule has 0 bridgehead atoms.